The Hall–Kier alpha value is -3.02. The van der Waals surface area contributed by atoms with E-state index < -0.39 is 0 Å². The van der Waals surface area contributed by atoms with E-state index in [4.69, 9.17) is 9.47 Å². The second-order valence-corrected chi connectivity index (χ2v) is 8.32. The molecule has 4 rings (SSSR count). The quantitative estimate of drug-likeness (QED) is 0.709. The standard InChI is InChI=1S/C25H30N2O4/c1-30-22-10-6-21(7-11-22)25(29)27-16-4-5-19(17-27)18-31-23-12-8-20(9-13-23)24(28)26-14-2-3-15-26/h6-13,19H,2-5,14-18H2,1H3/t19-/m1/s1. The molecule has 2 aromatic rings. The van der Waals surface area contributed by atoms with Gasteiger partial charge >= 0.3 is 0 Å². The van der Waals surface area contributed by atoms with Gasteiger partial charge in [0, 0.05) is 43.2 Å². The zero-order valence-corrected chi connectivity index (χ0v) is 18.1. The average molecular weight is 423 g/mol. The minimum atomic E-state index is 0.0529. The summed E-state index contributed by atoms with van der Waals surface area (Å²) in [7, 11) is 1.62. The van der Waals surface area contributed by atoms with Crippen molar-refractivity contribution < 1.29 is 19.1 Å². The lowest BCUT2D eigenvalue weighted by molar-refractivity contribution is 0.0633. The number of carbonyl (C=O) groups excluding carboxylic acids is 2. The van der Waals surface area contributed by atoms with Crippen LogP contribution in [0.25, 0.3) is 0 Å². The van der Waals surface area contributed by atoms with Crippen molar-refractivity contribution >= 4 is 11.8 Å². The van der Waals surface area contributed by atoms with E-state index in [1.165, 1.54) is 0 Å². The van der Waals surface area contributed by atoms with E-state index in [1.807, 2.05) is 58.3 Å². The third-order valence-electron chi connectivity index (χ3n) is 6.12. The van der Waals surface area contributed by atoms with Crippen LogP contribution in [0.2, 0.25) is 0 Å². The molecule has 6 nitrogen and oxygen atoms in total. The number of hydrogen-bond donors (Lipinski definition) is 0. The van der Waals surface area contributed by atoms with E-state index in [-0.39, 0.29) is 11.8 Å². The lowest BCUT2D eigenvalue weighted by Crippen LogP contribution is -2.41. The van der Waals surface area contributed by atoms with Crippen molar-refractivity contribution in [3.63, 3.8) is 0 Å². The SMILES string of the molecule is COc1ccc(C(=O)N2CCC[C@@H](COc3ccc(C(=O)N4CCCC4)cc3)C2)cc1. The molecule has 2 heterocycles. The van der Waals surface area contributed by atoms with Gasteiger partial charge in [-0.05, 0) is 74.2 Å². The lowest BCUT2D eigenvalue weighted by Gasteiger charge is -2.32. The molecule has 0 aliphatic carbocycles. The molecule has 2 aliphatic rings. The summed E-state index contributed by atoms with van der Waals surface area (Å²) >= 11 is 0. The summed E-state index contributed by atoms with van der Waals surface area (Å²) in [6, 6.07) is 14.7. The summed E-state index contributed by atoms with van der Waals surface area (Å²) in [6.45, 7) is 3.73. The molecule has 2 saturated heterocycles. The van der Waals surface area contributed by atoms with Gasteiger partial charge in [0.05, 0.1) is 13.7 Å². The van der Waals surface area contributed by atoms with Crippen LogP contribution in [-0.4, -0.2) is 61.5 Å². The minimum absolute atomic E-state index is 0.0529. The molecular formula is C25H30N2O4. The van der Waals surface area contributed by atoms with Crippen molar-refractivity contribution in [2.75, 3.05) is 39.9 Å². The first-order valence-corrected chi connectivity index (χ1v) is 11.1. The van der Waals surface area contributed by atoms with Crippen molar-refractivity contribution in [3.05, 3.63) is 59.7 Å². The van der Waals surface area contributed by atoms with Gasteiger partial charge in [0.1, 0.15) is 11.5 Å². The Morgan fingerprint density at radius 3 is 1.97 bits per heavy atom. The van der Waals surface area contributed by atoms with Gasteiger partial charge in [-0.15, -0.1) is 0 Å². The van der Waals surface area contributed by atoms with Crippen LogP contribution >= 0.6 is 0 Å². The Morgan fingerprint density at radius 1 is 0.806 bits per heavy atom. The molecule has 2 amide bonds. The van der Waals surface area contributed by atoms with Crippen molar-refractivity contribution in [3.8, 4) is 11.5 Å². The molecule has 2 fully saturated rings. The summed E-state index contributed by atoms with van der Waals surface area (Å²) in [5.41, 5.74) is 1.39. The number of amides is 2. The number of ether oxygens (including phenoxy) is 2. The summed E-state index contributed by atoms with van der Waals surface area (Å²) < 4.78 is 11.2. The molecular weight excluding hydrogens is 392 g/mol. The summed E-state index contributed by atoms with van der Waals surface area (Å²) in [5.74, 6) is 1.95. The molecule has 6 heteroatoms. The van der Waals surface area contributed by atoms with Crippen LogP contribution in [0.1, 0.15) is 46.4 Å². The van der Waals surface area contributed by atoms with E-state index in [1.54, 1.807) is 7.11 Å². The van der Waals surface area contributed by atoms with Gasteiger partial charge in [-0.2, -0.15) is 0 Å². The predicted molar refractivity (Wildman–Crippen MR) is 119 cm³/mol. The van der Waals surface area contributed by atoms with Gasteiger partial charge in [-0.1, -0.05) is 0 Å². The molecule has 164 valence electrons. The molecule has 0 saturated carbocycles. The maximum atomic E-state index is 12.8. The smallest absolute Gasteiger partial charge is 0.253 e. The van der Waals surface area contributed by atoms with Crippen LogP contribution in [0.4, 0.5) is 0 Å². The van der Waals surface area contributed by atoms with E-state index in [9.17, 15) is 9.59 Å². The Morgan fingerprint density at radius 2 is 1.35 bits per heavy atom. The summed E-state index contributed by atoms with van der Waals surface area (Å²) in [6.07, 6.45) is 4.19. The highest BCUT2D eigenvalue weighted by Gasteiger charge is 2.25. The highest BCUT2D eigenvalue weighted by molar-refractivity contribution is 5.95. The van der Waals surface area contributed by atoms with E-state index in [0.29, 0.717) is 30.2 Å². The number of benzene rings is 2. The molecule has 31 heavy (non-hydrogen) atoms. The molecule has 1 atom stereocenters. The first-order chi connectivity index (χ1) is 15.1. The van der Waals surface area contributed by atoms with Crippen molar-refractivity contribution in [1.29, 1.82) is 0 Å². The maximum absolute atomic E-state index is 12.8. The minimum Gasteiger partial charge on any atom is -0.497 e. The molecule has 0 radical (unpaired) electrons. The van der Waals surface area contributed by atoms with Crippen LogP contribution in [0.5, 0.6) is 11.5 Å². The van der Waals surface area contributed by atoms with Crippen molar-refractivity contribution in [2.24, 2.45) is 5.92 Å². The largest absolute Gasteiger partial charge is 0.497 e. The Balaban J connectivity index is 1.29. The first-order valence-electron chi connectivity index (χ1n) is 11.1. The average Bonchev–Trinajstić information content (AvgIpc) is 3.37. The second-order valence-electron chi connectivity index (χ2n) is 8.32. The molecule has 2 aliphatic heterocycles. The third-order valence-corrected chi connectivity index (χ3v) is 6.12. The number of carbonyl (C=O) groups is 2. The first kappa shape index (κ1) is 21.2. The fourth-order valence-electron chi connectivity index (χ4n) is 4.31. The van der Waals surface area contributed by atoms with Gasteiger partial charge in [-0.25, -0.2) is 0 Å². The topological polar surface area (TPSA) is 59.1 Å². The van der Waals surface area contributed by atoms with E-state index in [0.717, 1.165) is 56.8 Å². The highest BCUT2D eigenvalue weighted by atomic mass is 16.5. The summed E-state index contributed by atoms with van der Waals surface area (Å²) in [4.78, 5) is 29.1. The number of hydrogen-bond acceptors (Lipinski definition) is 4. The molecule has 0 N–H and O–H groups in total. The molecule has 0 unspecified atom stereocenters. The normalized spacial score (nSPS) is 18.7. The third kappa shape index (κ3) is 5.19. The van der Waals surface area contributed by atoms with Gasteiger partial charge in [0.15, 0.2) is 0 Å². The fourth-order valence-corrected chi connectivity index (χ4v) is 4.31. The second kappa shape index (κ2) is 9.86. The Bertz CT molecular complexity index is 889. The van der Waals surface area contributed by atoms with Gasteiger partial charge in [-0.3, -0.25) is 9.59 Å². The van der Waals surface area contributed by atoms with Gasteiger partial charge in [0.25, 0.3) is 11.8 Å². The summed E-state index contributed by atoms with van der Waals surface area (Å²) in [5, 5.41) is 0. The number of rotatable bonds is 6. The number of piperidine rings is 1. The van der Waals surface area contributed by atoms with Crippen LogP contribution in [-0.2, 0) is 0 Å². The molecule has 0 spiro atoms. The highest BCUT2D eigenvalue weighted by Crippen LogP contribution is 2.22. The maximum Gasteiger partial charge on any atom is 0.253 e. The Kier molecular flexibility index (Phi) is 6.75. The molecule has 2 aromatic carbocycles. The molecule has 0 bridgehead atoms. The number of nitrogens with zero attached hydrogens (tertiary/aromatic N) is 2. The van der Waals surface area contributed by atoms with Crippen LogP contribution in [0.15, 0.2) is 48.5 Å². The fraction of sp³-hybridized carbons (Fsp3) is 0.440. The van der Waals surface area contributed by atoms with Gasteiger partial charge < -0.3 is 19.3 Å². The monoisotopic (exact) mass is 422 g/mol. The lowest BCUT2D eigenvalue weighted by atomic mass is 9.98. The Labute approximate surface area is 183 Å². The van der Waals surface area contributed by atoms with Crippen LogP contribution in [0, 0.1) is 5.92 Å². The van der Waals surface area contributed by atoms with Crippen molar-refractivity contribution in [2.45, 2.75) is 25.7 Å². The van der Waals surface area contributed by atoms with Crippen LogP contribution in [0.3, 0.4) is 0 Å². The predicted octanol–water partition coefficient (Wildman–Crippen LogP) is 3.86. The van der Waals surface area contributed by atoms with E-state index >= 15 is 0 Å². The van der Waals surface area contributed by atoms with E-state index in [2.05, 4.69) is 0 Å². The van der Waals surface area contributed by atoms with Gasteiger partial charge in [0.2, 0.25) is 0 Å². The number of methoxy groups -OCH3 is 1. The zero-order valence-electron chi connectivity index (χ0n) is 18.1. The number of likely N-dealkylation sites (tertiary alicyclic amines) is 2. The molecule has 0 aromatic heterocycles. The van der Waals surface area contributed by atoms with Crippen LogP contribution < -0.4 is 9.47 Å². The zero-order chi connectivity index (χ0) is 21.6. The van der Waals surface area contributed by atoms with Crippen molar-refractivity contribution in [1.82, 2.24) is 9.80 Å².